The van der Waals surface area contributed by atoms with Gasteiger partial charge in [-0.25, -0.2) is 0 Å². The highest BCUT2D eigenvalue weighted by Gasteiger charge is 2.11. The molecule has 0 bridgehead atoms. The number of aryl methyl sites for hydroxylation is 1. The SMILES string of the molecule is C=C(c1ccc(C)cc1)c1ccc(CC(C)(C)C)cc1. The zero-order chi connectivity index (χ0) is 14.8. The van der Waals surface area contributed by atoms with Gasteiger partial charge in [0.2, 0.25) is 0 Å². The van der Waals surface area contributed by atoms with Crippen LogP contribution in [-0.4, -0.2) is 0 Å². The highest BCUT2D eigenvalue weighted by Crippen LogP contribution is 2.25. The van der Waals surface area contributed by atoms with E-state index in [1.165, 1.54) is 22.3 Å². The summed E-state index contributed by atoms with van der Waals surface area (Å²) in [6, 6.07) is 17.4. The molecule has 0 radical (unpaired) electrons. The summed E-state index contributed by atoms with van der Waals surface area (Å²) in [6.07, 6.45) is 1.10. The lowest BCUT2D eigenvalue weighted by molar-refractivity contribution is 0.411. The Labute approximate surface area is 123 Å². The molecule has 0 N–H and O–H groups in total. The molecule has 0 spiro atoms. The summed E-state index contributed by atoms with van der Waals surface area (Å²) in [7, 11) is 0. The van der Waals surface area contributed by atoms with E-state index in [0.29, 0.717) is 5.41 Å². The topological polar surface area (TPSA) is 0 Å². The molecule has 0 atom stereocenters. The Hall–Kier alpha value is -1.82. The fourth-order valence-electron chi connectivity index (χ4n) is 2.36. The van der Waals surface area contributed by atoms with Crippen LogP contribution in [0.25, 0.3) is 5.57 Å². The van der Waals surface area contributed by atoms with Gasteiger partial charge in [-0.2, -0.15) is 0 Å². The molecule has 2 rings (SSSR count). The predicted molar refractivity (Wildman–Crippen MR) is 88.9 cm³/mol. The average molecular weight is 264 g/mol. The first-order chi connectivity index (χ1) is 9.35. The van der Waals surface area contributed by atoms with Gasteiger partial charge in [0.15, 0.2) is 0 Å². The first-order valence-corrected chi connectivity index (χ1v) is 7.20. The lowest BCUT2D eigenvalue weighted by atomic mass is 9.87. The standard InChI is InChI=1S/C20H24/c1-15-6-10-18(11-7-15)16(2)19-12-8-17(9-13-19)14-20(3,4)5/h6-13H,2,14H2,1,3-5H3. The van der Waals surface area contributed by atoms with E-state index in [-0.39, 0.29) is 0 Å². The van der Waals surface area contributed by atoms with Crippen LogP contribution in [0.15, 0.2) is 55.1 Å². The summed E-state index contributed by atoms with van der Waals surface area (Å²) >= 11 is 0. The van der Waals surface area contributed by atoms with Crippen molar-refractivity contribution in [3.63, 3.8) is 0 Å². The van der Waals surface area contributed by atoms with Gasteiger partial charge in [-0.05, 0) is 41.0 Å². The minimum atomic E-state index is 0.329. The van der Waals surface area contributed by atoms with Crippen LogP contribution in [0.5, 0.6) is 0 Å². The molecule has 0 saturated heterocycles. The van der Waals surface area contributed by atoms with E-state index in [4.69, 9.17) is 0 Å². The van der Waals surface area contributed by atoms with Crippen LogP contribution in [0, 0.1) is 12.3 Å². The van der Waals surface area contributed by atoms with Gasteiger partial charge in [0.25, 0.3) is 0 Å². The Bertz CT molecular complexity index is 577. The molecule has 20 heavy (non-hydrogen) atoms. The van der Waals surface area contributed by atoms with Crippen LogP contribution in [0.1, 0.15) is 43.0 Å². The summed E-state index contributed by atoms with van der Waals surface area (Å²) in [6.45, 7) is 13.1. The van der Waals surface area contributed by atoms with E-state index >= 15 is 0 Å². The second kappa shape index (κ2) is 5.66. The monoisotopic (exact) mass is 264 g/mol. The van der Waals surface area contributed by atoms with Crippen molar-refractivity contribution >= 4 is 5.57 Å². The van der Waals surface area contributed by atoms with E-state index < -0.39 is 0 Å². The minimum Gasteiger partial charge on any atom is -0.0906 e. The van der Waals surface area contributed by atoms with Crippen LogP contribution in [0.2, 0.25) is 0 Å². The highest BCUT2D eigenvalue weighted by molar-refractivity contribution is 5.78. The van der Waals surface area contributed by atoms with Crippen molar-refractivity contribution in [2.45, 2.75) is 34.1 Å². The summed E-state index contributed by atoms with van der Waals surface area (Å²) in [5.74, 6) is 0. The van der Waals surface area contributed by atoms with Gasteiger partial charge in [0, 0.05) is 0 Å². The molecule has 0 nitrogen and oxygen atoms in total. The Morgan fingerprint density at radius 1 is 0.850 bits per heavy atom. The zero-order valence-electron chi connectivity index (χ0n) is 13.0. The Morgan fingerprint density at radius 2 is 1.30 bits per heavy atom. The van der Waals surface area contributed by atoms with Crippen LogP contribution in [0.4, 0.5) is 0 Å². The summed E-state index contributed by atoms with van der Waals surface area (Å²) in [5, 5.41) is 0. The van der Waals surface area contributed by atoms with E-state index in [2.05, 4.69) is 82.8 Å². The molecule has 0 heterocycles. The predicted octanol–water partition coefficient (Wildman–Crippen LogP) is 5.65. The maximum Gasteiger partial charge on any atom is -0.0183 e. The van der Waals surface area contributed by atoms with Crippen molar-refractivity contribution in [1.82, 2.24) is 0 Å². The third kappa shape index (κ3) is 3.84. The van der Waals surface area contributed by atoms with E-state index in [1.54, 1.807) is 0 Å². The van der Waals surface area contributed by atoms with Gasteiger partial charge in [0.05, 0.1) is 0 Å². The summed E-state index contributed by atoms with van der Waals surface area (Å²) in [4.78, 5) is 0. The minimum absolute atomic E-state index is 0.329. The van der Waals surface area contributed by atoms with Crippen molar-refractivity contribution in [3.05, 3.63) is 77.4 Å². The fraction of sp³-hybridized carbons (Fsp3) is 0.300. The third-order valence-corrected chi connectivity index (χ3v) is 3.44. The van der Waals surface area contributed by atoms with Gasteiger partial charge in [-0.1, -0.05) is 81.4 Å². The van der Waals surface area contributed by atoms with Crippen molar-refractivity contribution in [3.8, 4) is 0 Å². The van der Waals surface area contributed by atoms with Gasteiger partial charge < -0.3 is 0 Å². The van der Waals surface area contributed by atoms with Gasteiger partial charge in [0.1, 0.15) is 0 Å². The van der Waals surface area contributed by atoms with Crippen molar-refractivity contribution in [1.29, 1.82) is 0 Å². The largest absolute Gasteiger partial charge is 0.0906 e. The first-order valence-electron chi connectivity index (χ1n) is 7.20. The molecule has 0 unspecified atom stereocenters. The molecule has 0 amide bonds. The maximum atomic E-state index is 4.23. The fourth-order valence-corrected chi connectivity index (χ4v) is 2.36. The number of rotatable bonds is 3. The molecule has 0 heteroatoms. The molecule has 0 aliphatic heterocycles. The lowest BCUT2D eigenvalue weighted by Gasteiger charge is -2.18. The highest BCUT2D eigenvalue weighted by atomic mass is 14.2. The van der Waals surface area contributed by atoms with Gasteiger partial charge >= 0.3 is 0 Å². The van der Waals surface area contributed by atoms with Crippen LogP contribution >= 0.6 is 0 Å². The molecule has 0 aliphatic rings. The molecule has 104 valence electrons. The molecule has 0 aliphatic carbocycles. The van der Waals surface area contributed by atoms with Gasteiger partial charge in [-0.15, -0.1) is 0 Å². The Kier molecular flexibility index (Phi) is 4.13. The molecule has 0 fully saturated rings. The third-order valence-electron chi connectivity index (χ3n) is 3.44. The summed E-state index contributed by atoms with van der Waals surface area (Å²) in [5.41, 5.74) is 6.48. The van der Waals surface area contributed by atoms with E-state index in [1.807, 2.05) is 0 Å². The first kappa shape index (κ1) is 14.6. The molecule has 0 saturated carbocycles. The van der Waals surface area contributed by atoms with Gasteiger partial charge in [-0.3, -0.25) is 0 Å². The normalized spacial score (nSPS) is 11.4. The Balaban J connectivity index is 2.17. The van der Waals surface area contributed by atoms with Crippen LogP contribution in [-0.2, 0) is 6.42 Å². The quantitative estimate of drug-likeness (QED) is 0.672. The van der Waals surface area contributed by atoms with E-state index in [9.17, 15) is 0 Å². The smallest absolute Gasteiger partial charge is 0.0183 e. The zero-order valence-corrected chi connectivity index (χ0v) is 13.0. The molecule has 2 aromatic carbocycles. The maximum absolute atomic E-state index is 4.23. The number of hydrogen-bond donors (Lipinski definition) is 0. The second-order valence-electron chi connectivity index (χ2n) is 6.78. The van der Waals surface area contributed by atoms with Crippen molar-refractivity contribution < 1.29 is 0 Å². The average Bonchev–Trinajstić information content (AvgIpc) is 2.38. The van der Waals surface area contributed by atoms with Crippen molar-refractivity contribution in [2.75, 3.05) is 0 Å². The van der Waals surface area contributed by atoms with Crippen molar-refractivity contribution in [2.24, 2.45) is 5.41 Å². The Morgan fingerprint density at radius 3 is 1.75 bits per heavy atom. The number of hydrogen-bond acceptors (Lipinski definition) is 0. The van der Waals surface area contributed by atoms with Crippen LogP contribution < -0.4 is 0 Å². The molecular weight excluding hydrogens is 240 g/mol. The molecule has 0 aromatic heterocycles. The molecular formula is C20H24. The summed E-state index contributed by atoms with van der Waals surface area (Å²) < 4.78 is 0. The van der Waals surface area contributed by atoms with Crippen LogP contribution in [0.3, 0.4) is 0 Å². The number of benzene rings is 2. The lowest BCUT2D eigenvalue weighted by Crippen LogP contribution is -2.08. The molecule has 2 aromatic rings. The van der Waals surface area contributed by atoms with E-state index in [0.717, 1.165) is 12.0 Å². The second-order valence-corrected chi connectivity index (χ2v) is 6.78.